The number of halogens is 1. The van der Waals surface area contributed by atoms with Crippen LogP contribution in [-0.4, -0.2) is 12.6 Å². The molecule has 0 saturated heterocycles. The molecule has 1 atom stereocenters. The molecule has 3 heteroatoms. The third-order valence-corrected chi connectivity index (χ3v) is 5.41. The largest absolute Gasteiger partial charge is 0.314 e. The van der Waals surface area contributed by atoms with Crippen molar-refractivity contribution in [3.63, 3.8) is 0 Å². The lowest BCUT2D eigenvalue weighted by molar-refractivity contribution is 0.453. The zero-order valence-electron chi connectivity index (χ0n) is 12.4. The van der Waals surface area contributed by atoms with Gasteiger partial charge in [-0.3, -0.25) is 0 Å². The number of rotatable bonds is 11. The first-order chi connectivity index (χ1) is 9.27. The summed E-state index contributed by atoms with van der Waals surface area (Å²) in [5, 5.41) is 5.89. The first-order valence-corrected chi connectivity index (χ1v) is 9.40. The highest BCUT2D eigenvalue weighted by Crippen LogP contribution is 2.25. The summed E-state index contributed by atoms with van der Waals surface area (Å²) in [4.78, 5) is 1.49. The Hall–Kier alpha value is 0.140. The molecule has 19 heavy (non-hydrogen) atoms. The molecule has 1 N–H and O–H groups in total. The van der Waals surface area contributed by atoms with Crippen LogP contribution in [0.25, 0.3) is 0 Å². The second-order valence-electron chi connectivity index (χ2n) is 5.25. The fourth-order valence-corrected chi connectivity index (χ4v) is 3.91. The molecule has 0 aliphatic carbocycles. The van der Waals surface area contributed by atoms with Crippen LogP contribution < -0.4 is 5.32 Å². The van der Waals surface area contributed by atoms with Gasteiger partial charge in [-0.1, -0.05) is 46.0 Å². The van der Waals surface area contributed by atoms with Crippen molar-refractivity contribution in [3.8, 4) is 0 Å². The minimum atomic E-state index is 0.650. The lowest BCUT2D eigenvalue weighted by Gasteiger charge is -2.18. The first kappa shape index (κ1) is 17.2. The molecule has 0 aromatic carbocycles. The Kier molecular flexibility index (Phi) is 9.84. The summed E-state index contributed by atoms with van der Waals surface area (Å²) in [6.45, 7) is 5.66. The van der Waals surface area contributed by atoms with Gasteiger partial charge < -0.3 is 5.32 Å². The van der Waals surface area contributed by atoms with E-state index in [-0.39, 0.29) is 0 Å². The van der Waals surface area contributed by atoms with Crippen LogP contribution in [0.1, 0.15) is 63.7 Å². The van der Waals surface area contributed by atoms with Crippen molar-refractivity contribution in [1.82, 2.24) is 5.32 Å². The number of nitrogens with one attached hydrogen (secondary N) is 1. The topological polar surface area (TPSA) is 12.0 Å². The third kappa shape index (κ3) is 7.48. The zero-order chi connectivity index (χ0) is 13.9. The molecule has 1 heterocycles. The van der Waals surface area contributed by atoms with E-state index in [1.807, 2.05) is 11.3 Å². The maximum atomic E-state index is 3.71. The van der Waals surface area contributed by atoms with E-state index in [4.69, 9.17) is 0 Å². The van der Waals surface area contributed by atoms with Crippen molar-refractivity contribution in [2.75, 3.05) is 6.54 Å². The molecule has 0 saturated carbocycles. The first-order valence-electron chi connectivity index (χ1n) is 7.73. The molecule has 0 aliphatic heterocycles. The SMILES string of the molecule is CCCCCCCC(Cc1sccc1Br)NCCC. The van der Waals surface area contributed by atoms with Gasteiger partial charge in [0.15, 0.2) is 0 Å². The number of hydrogen-bond acceptors (Lipinski definition) is 2. The third-order valence-electron chi connectivity index (χ3n) is 3.46. The molecule has 1 aromatic heterocycles. The molecule has 110 valence electrons. The Balaban J connectivity index is 2.32. The average molecular weight is 346 g/mol. The van der Waals surface area contributed by atoms with Gasteiger partial charge in [0.2, 0.25) is 0 Å². The van der Waals surface area contributed by atoms with Gasteiger partial charge in [0.05, 0.1) is 0 Å². The van der Waals surface area contributed by atoms with Crippen LogP contribution >= 0.6 is 27.3 Å². The highest BCUT2D eigenvalue weighted by atomic mass is 79.9. The zero-order valence-corrected chi connectivity index (χ0v) is 14.8. The van der Waals surface area contributed by atoms with Crippen LogP contribution in [0.15, 0.2) is 15.9 Å². The summed E-state index contributed by atoms with van der Waals surface area (Å²) in [5.41, 5.74) is 0. The van der Waals surface area contributed by atoms with Crippen LogP contribution in [0.3, 0.4) is 0 Å². The highest BCUT2D eigenvalue weighted by Gasteiger charge is 2.11. The van der Waals surface area contributed by atoms with Gasteiger partial charge in [0.25, 0.3) is 0 Å². The second-order valence-corrected chi connectivity index (χ2v) is 7.10. The molecule has 0 amide bonds. The molecule has 1 nitrogen and oxygen atoms in total. The fraction of sp³-hybridized carbons (Fsp3) is 0.750. The Morgan fingerprint density at radius 1 is 1.16 bits per heavy atom. The normalized spacial score (nSPS) is 12.8. The summed E-state index contributed by atoms with van der Waals surface area (Å²) < 4.78 is 1.28. The average Bonchev–Trinajstić information content (AvgIpc) is 2.81. The minimum absolute atomic E-state index is 0.650. The van der Waals surface area contributed by atoms with Crippen LogP contribution in [0.2, 0.25) is 0 Å². The van der Waals surface area contributed by atoms with E-state index in [0.29, 0.717) is 6.04 Å². The Bertz CT molecular complexity index is 324. The summed E-state index contributed by atoms with van der Waals surface area (Å²) >= 11 is 5.52. The maximum Gasteiger partial charge on any atom is 0.0314 e. The van der Waals surface area contributed by atoms with Gasteiger partial charge in [-0.2, -0.15) is 0 Å². The Labute approximate surface area is 131 Å². The standard InChI is InChI=1S/C16H28BrNS/c1-3-5-6-7-8-9-14(18-11-4-2)13-16-15(17)10-12-19-16/h10,12,14,18H,3-9,11,13H2,1-2H3. The van der Waals surface area contributed by atoms with E-state index < -0.39 is 0 Å². The van der Waals surface area contributed by atoms with Gasteiger partial charge in [-0.25, -0.2) is 0 Å². The van der Waals surface area contributed by atoms with Crippen LogP contribution in [0.5, 0.6) is 0 Å². The summed E-state index contributed by atoms with van der Waals surface area (Å²) in [5.74, 6) is 0. The van der Waals surface area contributed by atoms with Gasteiger partial charge in [-0.05, 0) is 53.2 Å². The summed E-state index contributed by atoms with van der Waals surface area (Å²) in [6, 6.07) is 2.81. The van der Waals surface area contributed by atoms with Crippen molar-refractivity contribution in [2.24, 2.45) is 0 Å². The fourth-order valence-electron chi connectivity index (χ4n) is 2.31. The Morgan fingerprint density at radius 3 is 2.58 bits per heavy atom. The molecule has 0 spiro atoms. The molecule has 1 rings (SSSR count). The molecule has 0 radical (unpaired) electrons. The van der Waals surface area contributed by atoms with Crippen LogP contribution in [-0.2, 0) is 6.42 Å². The van der Waals surface area contributed by atoms with E-state index >= 15 is 0 Å². The van der Waals surface area contributed by atoms with Crippen molar-refractivity contribution in [1.29, 1.82) is 0 Å². The second kappa shape index (κ2) is 10.9. The van der Waals surface area contributed by atoms with Crippen LogP contribution in [0.4, 0.5) is 0 Å². The minimum Gasteiger partial charge on any atom is -0.314 e. The number of hydrogen-bond donors (Lipinski definition) is 1. The van der Waals surface area contributed by atoms with Gasteiger partial charge in [0.1, 0.15) is 0 Å². The maximum absolute atomic E-state index is 3.71. The molecule has 0 fully saturated rings. The smallest absolute Gasteiger partial charge is 0.0314 e. The number of thiophene rings is 1. The van der Waals surface area contributed by atoms with E-state index in [2.05, 4.69) is 46.5 Å². The molecule has 1 unspecified atom stereocenters. The Morgan fingerprint density at radius 2 is 1.95 bits per heavy atom. The van der Waals surface area contributed by atoms with E-state index in [1.54, 1.807) is 0 Å². The van der Waals surface area contributed by atoms with Crippen molar-refractivity contribution in [2.45, 2.75) is 71.3 Å². The van der Waals surface area contributed by atoms with Gasteiger partial charge in [0, 0.05) is 15.4 Å². The molecule has 0 aliphatic rings. The van der Waals surface area contributed by atoms with Gasteiger partial charge >= 0.3 is 0 Å². The summed E-state index contributed by atoms with van der Waals surface area (Å²) in [6.07, 6.45) is 10.6. The predicted molar refractivity (Wildman–Crippen MR) is 91.2 cm³/mol. The van der Waals surface area contributed by atoms with E-state index in [1.165, 1.54) is 60.7 Å². The number of unbranched alkanes of at least 4 members (excludes halogenated alkanes) is 4. The van der Waals surface area contributed by atoms with Crippen molar-refractivity contribution in [3.05, 3.63) is 20.8 Å². The lowest BCUT2D eigenvalue weighted by atomic mass is 10.0. The molecule has 0 bridgehead atoms. The quantitative estimate of drug-likeness (QED) is 0.501. The van der Waals surface area contributed by atoms with Gasteiger partial charge in [-0.15, -0.1) is 11.3 Å². The highest BCUT2D eigenvalue weighted by molar-refractivity contribution is 9.10. The van der Waals surface area contributed by atoms with E-state index in [0.717, 1.165) is 6.54 Å². The molecular formula is C16H28BrNS. The summed E-state index contributed by atoms with van der Waals surface area (Å²) in [7, 11) is 0. The van der Waals surface area contributed by atoms with Crippen molar-refractivity contribution >= 4 is 27.3 Å². The lowest BCUT2D eigenvalue weighted by Crippen LogP contribution is -2.31. The van der Waals surface area contributed by atoms with Crippen molar-refractivity contribution < 1.29 is 0 Å². The monoisotopic (exact) mass is 345 g/mol. The molecule has 1 aromatic rings. The predicted octanol–water partition coefficient (Wildman–Crippen LogP) is 5.78. The molecular weight excluding hydrogens is 318 g/mol. The van der Waals surface area contributed by atoms with Crippen LogP contribution in [0, 0.1) is 0 Å². The van der Waals surface area contributed by atoms with E-state index in [9.17, 15) is 0 Å².